The van der Waals surface area contributed by atoms with E-state index in [1.54, 1.807) is 0 Å². The van der Waals surface area contributed by atoms with Crippen molar-refractivity contribution in [2.45, 2.75) is 0 Å². The standard InChI is InChI=1S/C11H8BrFO2/c1-7(14)2-5-11(15)8-3-4-10(13)9(12)6-8/h2-6,14H,1H2/b5-2+. The van der Waals surface area contributed by atoms with Crippen LogP contribution in [0, 0.1) is 5.82 Å². The molecule has 0 saturated heterocycles. The fourth-order valence-electron chi connectivity index (χ4n) is 0.918. The number of allylic oxidation sites excluding steroid dienone is 2. The molecule has 4 heteroatoms. The maximum atomic E-state index is 12.8. The van der Waals surface area contributed by atoms with Crippen LogP contribution in [0.4, 0.5) is 4.39 Å². The molecule has 1 N–H and O–H groups in total. The zero-order valence-corrected chi connectivity index (χ0v) is 9.29. The van der Waals surface area contributed by atoms with E-state index in [-0.39, 0.29) is 16.0 Å². The van der Waals surface area contributed by atoms with Crippen LogP contribution < -0.4 is 0 Å². The fraction of sp³-hybridized carbons (Fsp3) is 0. The van der Waals surface area contributed by atoms with Crippen molar-refractivity contribution in [2.75, 3.05) is 0 Å². The molecule has 0 amide bonds. The summed E-state index contributed by atoms with van der Waals surface area (Å²) in [5, 5.41) is 8.74. The van der Waals surface area contributed by atoms with E-state index in [0.717, 1.165) is 0 Å². The number of carbonyl (C=O) groups excluding carboxylic acids is 1. The molecule has 78 valence electrons. The van der Waals surface area contributed by atoms with Crippen molar-refractivity contribution in [2.24, 2.45) is 0 Å². The molecular formula is C11H8BrFO2. The number of hydrogen-bond donors (Lipinski definition) is 1. The van der Waals surface area contributed by atoms with E-state index in [1.165, 1.54) is 30.4 Å². The van der Waals surface area contributed by atoms with Gasteiger partial charge in [0.25, 0.3) is 0 Å². The van der Waals surface area contributed by atoms with Crippen LogP contribution in [-0.2, 0) is 0 Å². The first-order valence-electron chi connectivity index (χ1n) is 4.06. The molecule has 0 radical (unpaired) electrons. The molecule has 0 unspecified atom stereocenters. The van der Waals surface area contributed by atoms with Gasteiger partial charge in [-0.25, -0.2) is 4.39 Å². The van der Waals surface area contributed by atoms with Crippen LogP contribution in [0.3, 0.4) is 0 Å². The zero-order chi connectivity index (χ0) is 11.4. The molecule has 0 spiro atoms. The van der Waals surface area contributed by atoms with Crippen molar-refractivity contribution in [3.05, 3.63) is 58.5 Å². The summed E-state index contributed by atoms with van der Waals surface area (Å²) in [5.41, 5.74) is 0.334. The lowest BCUT2D eigenvalue weighted by molar-refractivity contribution is 0.104. The molecule has 0 aliphatic carbocycles. The van der Waals surface area contributed by atoms with Crippen molar-refractivity contribution < 1.29 is 14.3 Å². The number of halogens is 2. The lowest BCUT2D eigenvalue weighted by Gasteiger charge is -1.98. The summed E-state index contributed by atoms with van der Waals surface area (Å²) in [7, 11) is 0. The maximum absolute atomic E-state index is 12.8. The first kappa shape index (κ1) is 11.7. The Kier molecular flexibility index (Phi) is 3.80. The quantitative estimate of drug-likeness (QED) is 0.396. The zero-order valence-electron chi connectivity index (χ0n) is 7.71. The fourth-order valence-corrected chi connectivity index (χ4v) is 1.30. The van der Waals surface area contributed by atoms with E-state index in [0.29, 0.717) is 5.56 Å². The minimum atomic E-state index is -0.429. The van der Waals surface area contributed by atoms with Crippen LogP contribution in [0.25, 0.3) is 0 Å². The van der Waals surface area contributed by atoms with Crippen LogP contribution in [0.15, 0.2) is 47.2 Å². The number of hydrogen-bond acceptors (Lipinski definition) is 2. The van der Waals surface area contributed by atoms with Gasteiger partial charge in [-0.2, -0.15) is 0 Å². The van der Waals surface area contributed by atoms with E-state index in [4.69, 9.17) is 5.11 Å². The van der Waals surface area contributed by atoms with E-state index in [9.17, 15) is 9.18 Å². The first-order valence-corrected chi connectivity index (χ1v) is 4.85. The lowest BCUT2D eigenvalue weighted by atomic mass is 10.1. The highest BCUT2D eigenvalue weighted by Crippen LogP contribution is 2.17. The van der Waals surface area contributed by atoms with E-state index < -0.39 is 5.82 Å². The molecule has 0 heterocycles. The summed E-state index contributed by atoms with van der Waals surface area (Å²) in [4.78, 5) is 11.4. The van der Waals surface area contributed by atoms with Crippen molar-refractivity contribution in [1.29, 1.82) is 0 Å². The van der Waals surface area contributed by atoms with Crippen LogP contribution in [0.2, 0.25) is 0 Å². The van der Waals surface area contributed by atoms with Gasteiger partial charge in [0.2, 0.25) is 0 Å². The Morgan fingerprint density at radius 1 is 1.47 bits per heavy atom. The third-order valence-electron chi connectivity index (χ3n) is 1.63. The molecule has 0 fully saturated rings. The molecule has 2 nitrogen and oxygen atoms in total. The highest BCUT2D eigenvalue weighted by Gasteiger charge is 2.05. The monoisotopic (exact) mass is 270 g/mol. The summed E-state index contributed by atoms with van der Waals surface area (Å²) in [5.74, 6) is -0.961. The molecule has 1 aromatic carbocycles. The number of rotatable bonds is 3. The Hall–Kier alpha value is -1.42. The van der Waals surface area contributed by atoms with Crippen molar-refractivity contribution in [1.82, 2.24) is 0 Å². The van der Waals surface area contributed by atoms with Gasteiger partial charge in [0.05, 0.1) is 4.47 Å². The highest BCUT2D eigenvalue weighted by atomic mass is 79.9. The number of aliphatic hydroxyl groups is 1. The second-order valence-electron chi connectivity index (χ2n) is 2.82. The molecule has 0 bridgehead atoms. The van der Waals surface area contributed by atoms with E-state index >= 15 is 0 Å². The van der Waals surface area contributed by atoms with Gasteiger partial charge in [-0.05, 0) is 46.3 Å². The number of carbonyl (C=O) groups is 1. The smallest absolute Gasteiger partial charge is 0.186 e. The van der Waals surface area contributed by atoms with Crippen molar-refractivity contribution in [3.63, 3.8) is 0 Å². The van der Waals surface area contributed by atoms with Gasteiger partial charge in [0, 0.05) is 5.56 Å². The van der Waals surface area contributed by atoms with E-state index in [1.807, 2.05) is 0 Å². The third-order valence-corrected chi connectivity index (χ3v) is 2.24. The van der Waals surface area contributed by atoms with Gasteiger partial charge in [-0.3, -0.25) is 4.79 Å². The molecule has 0 aliphatic heterocycles. The van der Waals surface area contributed by atoms with Gasteiger partial charge in [0.15, 0.2) is 5.78 Å². The summed E-state index contributed by atoms with van der Waals surface area (Å²) < 4.78 is 13.1. The van der Waals surface area contributed by atoms with E-state index in [2.05, 4.69) is 22.5 Å². The molecule has 0 aliphatic rings. The maximum Gasteiger partial charge on any atom is 0.186 e. The predicted molar refractivity (Wildman–Crippen MR) is 59.3 cm³/mol. The normalized spacial score (nSPS) is 10.5. The Balaban J connectivity index is 2.92. The summed E-state index contributed by atoms with van der Waals surface area (Å²) >= 11 is 2.98. The lowest BCUT2D eigenvalue weighted by Crippen LogP contribution is -1.95. The molecule has 0 saturated carbocycles. The van der Waals surface area contributed by atoms with Crippen LogP contribution >= 0.6 is 15.9 Å². The number of aliphatic hydroxyl groups excluding tert-OH is 1. The average molecular weight is 271 g/mol. The van der Waals surface area contributed by atoms with Gasteiger partial charge in [-0.1, -0.05) is 6.58 Å². The van der Waals surface area contributed by atoms with Gasteiger partial charge in [-0.15, -0.1) is 0 Å². The third kappa shape index (κ3) is 3.32. The van der Waals surface area contributed by atoms with Crippen molar-refractivity contribution >= 4 is 21.7 Å². The second kappa shape index (κ2) is 4.89. The summed E-state index contributed by atoms with van der Waals surface area (Å²) in [6.45, 7) is 3.20. The van der Waals surface area contributed by atoms with Crippen molar-refractivity contribution in [3.8, 4) is 0 Å². The summed E-state index contributed by atoms with van der Waals surface area (Å²) in [6, 6.07) is 3.94. The molecule has 0 atom stereocenters. The Labute approximate surface area is 94.9 Å². The molecule has 1 aromatic rings. The van der Waals surface area contributed by atoms with Gasteiger partial charge < -0.3 is 5.11 Å². The van der Waals surface area contributed by atoms with Crippen LogP contribution in [0.1, 0.15) is 10.4 Å². The highest BCUT2D eigenvalue weighted by molar-refractivity contribution is 9.10. The Morgan fingerprint density at radius 2 is 2.13 bits per heavy atom. The largest absolute Gasteiger partial charge is 0.509 e. The Morgan fingerprint density at radius 3 is 2.67 bits per heavy atom. The Bertz CT molecular complexity index is 438. The number of ketones is 1. The number of benzene rings is 1. The second-order valence-corrected chi connectivity index (χ2v) is 3.67. The minimum Gasteiger partial charge on any atom is -0.509 e. The topological polar surface area (TPSA) is 37.3 Å². The average Bonchev–Trinajstić information content (AvgIpc) is 2.18. The van der Waals surface area contributed by atoms with Crippen LogP contribution in [0.5, 0.6) is 0 Å². The molecule has 1 rings (SSSR count). The summed E-state index contributed by atoms with van der Waals surface area (Å²) in [6.07, 6.45) is 2.35. The first-order chi connectivity index (χ1) is 7.00. The SMILES string of the molecule is C=C(O)/C=C/C(=O)c1ccc(F)c(Br)c1. The predicted octanol–water partition coefficient (Wildman–Crippen LogP) is 3.40. The van der Waals surface area contributed by atoms with Gasteiger partial charge in [0.1, 0.15) is 11.6 Å². The molecule has 15 heavy (non-hydrogen) atoms. The molecule has 0 aromatic heterocycles. The van der Waals surface area contributed by atoms with Gasteiger partial charge >= 0.3 is 0 Å². The minimum absolute atomic E-state index is 0.204. The van der Waals surface area contributed by atoms with Crippen LogP contribution in [-0.4, -0.2) is 10.9 Å². The molecular weight excluding hydrogens is 263 g/mol.